The summed E-state index contributed by atoms with van der Waals surface area (Å²) in [5, 5.41) is 7.20. The molecule has 0 radical (unpaired) electrons. The fraction of sp³-hybridized carbons (Fsp3) is 0.786. The molecule has 0 aliphatic heterocycles. The number of nitrogens with zero attached hydrogens (tertiary/aromatic N) is 2. The van der Waals surface area contributed by atoms with E-state index in [-0.39, 0.29) is 12.1 Å². The number of hydrogen-bond donors (Lipinski definition) is 1. The lowest BCUT2D eigenvalue weighted by Gasteiger charge is -2.35. The predicted molar refractivity (Wildman–Crippen MR) is 71.4 cm³/mol. The molecule has 6 heteroatoms. The zero-order chi connectivity index (χ0) is 14.8. The Labute approximate surface area is 117 Å². The maximum absolute atomic E-state index is 12.7. The van der Waals surface area contributed by atoms with Crippen molar-refractivity contribution in [2.75, 3.05) is 6.54 Å². The largest absolute Gasteiger partial charge is 0.435 e. The summed E-state index contributed by atoms with van der Waals surface area (Å²) in [5.41, 5.74) is -0.801. The van der Waals surface area contributed by atoms with Gasteiger partial charge in [-0.15, -0.1) is 0 Å². The van der Waals surface area contributed by atoms with Crippen LogP contribution in [0.4, 0.5) is 13.2 Å². The third-order valence-electron chi connectivity index (χ3n) is 3.97. The van der Waals surface area contributed by atoms with Gasteiger partial charge in [-0.25, -0.2) is 0 Å². The average molecular weight is 289 g/mol. The van der Waals surface area contributed by atoms with Crippen molar-refractivity contribution in [2.45, 2.75) is 57.8 Å². The van der Waals surface area contributed by atoms with Gasteiger partial charge in [0.1, 0.15) is 0 Å². The van der Waals surface area contributed by atoms with E-state index in [9.17, 15) is 13.2 Å². The number of aromatic nitrogens is 2. The Morgan fingerprint density at radius 1 is 1.40 bits per heavy atom. The van der Waals surface area contributed by atoms with E-state index < -0.39 is 11.9 Å². The van der Waals surface area contributed by atoms with Gasteiger partial charge < -0.3 is 5.32 Å². The van der Waals surface area contributed by atoms with Gasteiger partial charge in [0, 0.05) is 12.2 Å². The summed E-state index contributed by atoms with van der Waals surface area (Å²) in [4.78, 5) is 0. The van der Waals surface area contributed by atoms with Crippen molar-refractivity contribution in [3.8, 4) is 0 Å². The molecule has 3 nitrogen and oxygen atoms in total. The van der Waals surface area contributed by atoms with Crippen LogP contribution in [0.1, 0.15) is 51.3 Å². The fourth-order valence-electron chi connectivity index (χ4n) is 2.88. The molecule has 0 bridgehead atoms. The predicted octanol–water partition coefficient (Wildman–Crippen LogP) is 3.63. The minimum Gasteiger partial charge on any atom is -0.312 e. The Hall–Kier alpha value is -1.04. The lowest BCUT2D eigenvalue weighted by molar-refractivity contribution is -0.141. The van der Waals surface area contributed by atoms with Gasteiger partial charge in [0.05, 0.1) is 6.04 Å². The van der Waals surface area contributed by atoms with Crippen LogP contribution in [0.15, 0.2) is 12.3 Å². The number of nitrogens with one attached hydrogen (secondary N) is 1. The highest BCUT2D eigenvalue weighted by atomic mass is 19.4. The zero-order valence-electron chi connectivity index (χ0n) is 12.0. The summed E-state index contributed by atoms with van der Waals surface area (Å²) in [6.45, 7) is 5.13. The van der Waals surface area contributed by atoms with Crippen LogP contribution < -0.4 is 5.32 Å². The summed E-state index contributed by atoms with van der Waals surface area (Å²) in [6, 6.07) is 1.30. The van der Waals surface area contributed by atoms with Crippen molar-refractivity contribution in [2.24, 2.45) is 5.92 Å². The third kappa shape index (κ3) is 3.53. The first-order chi connectivity index (χ1) is 9.41. The Morgan fingerprint density at radius 2 is 2.15 bits per heavy atom. The number of alkyl halides is 3. The van der Waals surface area contributed by atoms with Gasteiger partial charge in [0.25, 0.3) is 0 Å². The van der Waals surface area contributed by atoms with Crippen molar-refractivity contribution < 1.29 is 13.2 Å². The van der Waals surface area contributed by atoms with Crippen molar-refractivity contribution in [1.29, 1.82) is 0 Å². The molecule has 3 unspecified atom stereocenters. The standard InChI is InChI=1S/C14H22F3N3/c1-3-7-18-11-5-4-10(2)9-12(11)20-8-6-13(19-20)14(15,16)17/h6,8,10-12,18H,3-5,7,9H2,1-2H3. The highest BCUT2D eigenvalue weighted by Crippen LogP contribution is 2.34. The van der Waals surface area contributed by atoms with E-state index in [0.717, 1.165) is 38.3 Å². The molecule has 1 N–H and O–H groups in total. The number of rotatable bonds is 4. The Bertz CT molecular complexity index is 426. The van der Waals surface area contributed by atoms with Gasteiger partial charge in [-0.2, -0.15) is 18.3 Å². The quantitative estimate of drug-likeness (QED) is 0.917. The molecule has 0 spiro atoms. The molecule has 2 rings (SSSR count). The molecule has 1 aromatic heterocycles. The van der Waals surface area contributed by atoms with Gasteiger partial charge in [0.2, 0.25) is 0 Å². The summed E-state index contributed by atoms with van der Waals surface area (Å²) in [6.07, 6.45) is 1.11. The van der Waals surface area contributed by atoms with Crippen LogP contribution in [0.5, 0.6) is 0 Å². The Balaban J connectivity index is 2.15. The summed E-state index contributed by atoms with van der Waals surface area (Å²) >= 11 is 0. The second-order valence-electron chi connectivity index (χ2n) is 5.72. The van der Waals surface area contributed by atoms with Crippen LogP contribution in [0.25, 0.3) is 0 Å². The second kappa shape index (κ2) is 6.16. The molecule has 1 aliphatic carbocycles. The first-order valence-corrected chi connectivity index (χ1v) is 7.27. The maximum Gasteiger partial charge on any atom is 0.435 e. The SMILES string of the molecule is CCCNC1CCC(C)CC1n1ccc(C(F)(F)F)n1. The van der Waals surface area contributed by atoms with Crippen molar-refractivity contribution in [3.63, 3.8) is 0 Å². The molecular formula is C14H22F3N3. The van der Waals surface area contributed by atoms with E-state index >= 15 is 0 Å². The molecule has 0 amide bonds. The number of hydrogen-bond acceptors (Lipinski definition) is 2. The van der Waals surface area contributed by atoms with E-state index in [1.165, 1.54) is 10.9 Å². The van der Waals surface area contributed by atoms with Crippen LogP contribution in [-0.2, 0) is 6.18 Å². The van der Waals surface area contributed by atoms with Gasteiger partial charge in [-0.1, -0.05) is 13.8 Å². The Morgan fingerprint density at radius 3 is 2.75 bits per heavy atom. The fourth-order valence-corrected chi connectivity index (χ4v) is 2.88. The van der Waals surface area contributed by atoms with E-state index in [1.807, 2.05) is 0 Å². The average Bonchev–Trinajstić information content (AvgIpc) is 2.86. The van der Waals surface area contributed by atoms with E-state index in [2.05, 4.69) is 24.3 Å². The minimum absolute atomic E-state index is 0.0152. The Kier molecular flexibility index (Phi) is 4.73. The molecule has 1 saturated carbocycles. The highest BCUT2D eigenvalue weighted by molar-refractivity contribution is 5.05. The van der Waals surface area contributed by atoms with Gasteiger partial charge >= 0.3 is 6.18 Å². The van der Waals surface area contributed by atoms with Gasteiger partial charge in [-0.3, -0.25) is 4.68 Å². The molecule has 1 aromatic rings. The van der Waals surface area contributed by atoms with E-state index in [0.29, 0.717) is 5.92 Å². The maximum atomic E-state index is 12.7. The molecule has 1 aliphatic rings. The van der Waals surface area contributed by atoms with E-state index in [4.69, 9.17) is 0 Å². The molecule has 1 fully saturated rings. The minimum atomic E-state index is -4.36. The summed E-state index contributed by atoms with van der Waals surface area (Å²) < 4.78 is 39.5. The van der Waals surface area contributed by atoms with Crippen LogP contribution in [0, 0.1) is 5.92 Å². The lowest BCUT2D eigenvalue weighted by Crippen LogP contribution is -2.42. The van der Waals surface area contributed by atoms with Crippen LogP contribution in [-0.4, -0.2) is 22.4 Å². The van der Waals surface area contributed by atoms with Crippen molar-refractivity contribution in [1.82, 2.24) is 15.1 Å². The summed E-state index contributed by atoms with van der Waals surface area (Å²) in [5.74, 6) is 0.526. The summed E-state index contributed by atoms with van der Waals surface area (Å²) in [7, 11) is 0. The highest BCUT2D eigenvalue weighted by Gasteiger charge is 2.36. The van der Waals surface area contributed by atoms with Crippen molar-refractivity contribution >= 4 is 0 Å². The number of halogens is 3. The third-order valence-corrected chi connectivity index (χ3v) is 3.97. The monoisotopic (exact) mass is 289 g/mol. The topological polar surface area (TPSA) is 29.9 Å². The first-order valence-electron chi connectivity index (χ1n) is 7.27. The molecule has 1 heterocycles. The van der Waals surface area contributed by atoms with Crippen LogP contribution in [0.2, 0.25) is 0 Å². The second-order valence-corrected chi connectivity index (χ2v) is 5.72. The normalized spacial score (nSPS) is 27.8. The van der Waals surface area contributed by atoms with Gasteiger partial charge in [0.15, 0.2) is 5.69 Å². The lowest BCUT2D eigenvalue weighted by atomic mass is 9.83. The zero-order valence-corrected chi connectivity index (χ0v) is 12.0. The molecule has 20 heavy (non-hydrogen) atoms. The molecular weight excluding hydrogens is 267 g/mol. The smallest absolute Gasteiger partial charge is 0.312 e. The van der Waals surface area contributed by atoms with Crippen molar-refractivity contribution in [3.05, 3.63) is 18.0 Å². The first kappa shape index (κ1) is 15.4. The molecule has 0 aromatic carbocycles. The molecule has 114 valence electrons. The van der Waals surface area contributed by atoms with E-state index in [1.54, 1.807) is 0 Å². The van der Waals surface area contributed by atoms with Gasteiger partial charge in [-0.05, 0) is 44.2 Å². The van der Waals surface area contributed by atoms with Crippen LogP contribution >= 0.6 is 0 Å². The molecule has 0 saturated heterocycles. The van der Waals surface area contributed by atoms with Crippen LogP contribution in [0.3, 0.4) is 0 Å². The molecule has 3 atom stereocenters.